The highest BCUT2D eigenvalue weighted by atomic mass is 32.1. The maximum atomic E-state index is 12.9. The first-order valence-corrected chi connectivity index (χ1v) is 8.95. The Morgan fingerprint density at radius 3 is 2.42 bits per heavy atom. The summed E-state index contributed by atoms with van der Waals surface area (Å²) in [4.78, 5) is 4.19. The van der Waals surface area contributed by atoms with Gasteiger partial charge in [0.1, 0.15) is 6.33 Å². The van der Waals surface area contributed by atoms with Crippen molar-refractivity contribution in [1.82, 2.24) is 19.2 Å². The molecule has 2 aromatic rings. The smallest absolute Gasteiger partial charge is 0.369 e. The fraction of sp³-hybridized carbons (Fsp3) is 0.529. The van der Waals surface area contributed by atoms with Crippen LogP contribution in [0.4, 0.5) is 18.9 Å². The van der Waals surface area contributed by atoms with Crippen molar-refractivity contribution < 1.29 is 13.2 Å². The molecule has 1 aliphatic heterocycles. The largest absolute Gasteiger partial charge is 0.416 e. The summed E-state index contributed by atoms with van der Waals surface area (Å²) in [5, 5.41) is 4.34. The number of hydrogen-bond donors (Lipinski definition) is 0. The predicted molar refractivity (Wildman–Crippen MR) is 96.7 cm³/mol. The van der Waals surface area contributed by atoms with Crippen LogP contribution < -0.4 is 4.90 Å². The van der Waals surface area contributed by atoms with E-state index >= 15 is 0 Å². The lowest BCUT2D eigenvalue weighted by molar-refractivity contribution is -0.137. The average molecular weight is 385 g/mol. The van der Waals surface area contributed by atoms with E-state index in [4.69, 9.17) is 12.2 Å². The Hall–Kier alpha value is -1.87. The Balaban J connectivity index is 1.62. The number of piperazine rings is 1. The maximum absolute atomic E-state index is 12.9. The van der Waals surface area contributed by atoms with Crippen LogP contribution in [0.25, 0.3) is 0 Å². The molecule has 0 N–H and O–H groups in total. The fourth-order valence-electron chi connectivity index (χ4n) is 3.02. The number of aromatic nitrogens is 3. The number of benzene rings is 1. The van der Waals surface area contributed by atoms with Gasteiger partial charge in [0.2, 0.25) is 0 Å². The first-order chi connectivity index (χ1) is 12.3. The van der Waals surface area contributed by atoms with Crippen molar-refractivity contribution in [3.8, 4) is 0 Å². The SMILES string of the molecule is CC(C)n1cnn(CN2CCN(c3cccc(C(F)(F)F)c3)CC2)c1=S. The summed E-state index contributed by atoms with van der Waals surface area (Å²) < 4.78 is 43.1. The first-order valence-electron chi connectivity index (χ1n) is 8.54. The van der Waals surface area contributed by atoms with Gasteiger partial charge in [0.25, 0.3) is 0 Å². The van der Waals surface area contributed by atoms with Crippen molar-refractivity contribution in [3.05, 3.63) is 40.9 Å². The molecule has 1 aromatic carbocycles. The molecule has 9 heteroatoms. The third-order valence-corrected chi connectivity index (χ3v) is 4.98. The summed E-state index contributed by atoms with van der Waals surface area (Å²) in [6.45, 7) is 7.51. The number of anilines is 1. The van der Waals surface area contributed by atoms with Crippen molar-refractivity contribution in [2.45, 2.75) is 32.7 Å². The van der Waals surface area contributed by atoms with E-state index in [1.54, 1.807) is 17.1 Å². The molecule has 0 spiro atoms. The molecular formula is C17H22F3N5S. The zero-order valence-corrected chi connectivity index (χ0v) is 15.6. The standard InChI is InChI=1S/C17H22F3N5S/c1-13(2)24-11-21-25(16(24)26)12-22-6-8-23(9-7-22)15-5-3-4-14(10-15)17(18,19)20/h3-5,10-11,13H,6-9,12H2,1-2H3. The van der Waals surface area contributed by atoms with Crippen LogP contribution in [0.1, 0.15) is 25.5 Å². The summed E-state index contributed by atoms with van der Waals surface area (Å²) in [6.07, 6.45) is -2.57. The highest BCUT2D eigenvalue weighted by molar-refractivity contribution is 7.71. The van der Waals surface area contributed by atoms with Gasteiger partial charge < -0.3 is 9.47 Å². The molecule has 0 saturated carbocycles. The number of rotatable bonds is 4. The summed E-state index contributed by atoms with van der Waals surface area (Å²) >= 11 is 5.44. The van der Waals surface area contributed by atoms with Crippen LogP contribution in [0.5, 0.6) is 0 Å². The summed E-state index contributed by atoms with van der Waals surface area (Å²) in [7, 11) is 0. The molecule has 3 rings (SSSR count). The van der Waals surface area contributed by atoms with Gasteiger partial charge in [-0.3, -0.25) is 4.90 Å². The number of hydrogen-bond acceptors (Lipinski definition) is 4. The van der Waals surface area contributed by atoms with Crippen LogP contribution >= 0.6 is 12.2 Å². The van der Waals surface area contributed by atoms with Gasteiger partial charge in [-0.25, -0.2) is 4.68 Å². The van der Waals surface area contributed by atoms with Gasteiger partial charge in [-0.2, -0.15) is 18.3 Å². The minimum absolute atomic E-state index is 0.258. The van der Waals surface area contributed by atoms with E-state index in [9.17, 15) is 13.2 Å². The van der Waals surface area contributed by atoms with Crippen molar-refractivity contribution in [1.29, 1.82) is 0 Å². The normalized spacial score (nSPS) is 16.5. The van der Waals surface area contributed by atoms with Gasteiger partial charge in [-0.1, -0.05) is 6.07 Å². The molecular weight excluding hydrogens is 363 g/mol. The van der Waals surface area contributed by atoms with E-state index in [2.05, 4.69) is 23.8 Å². The molecule has 142 valence electrons. The zero-order valence-electron chi connectivity index (χ0n) is 14.8. The lowest BCUT2D eigenvalue weighted by Crippen LogP contribution is -2.47. The second kappa shape index (κ2) is 7.40. The van der Waals surface area contributed by atoms with Gasteiger partial charge in [0.15, 0.2) is 4.77 Å². The van der Waals surface area contributed by atoms with Crippen molar-refractivity contribution in [2.75, 3.05) is 31.1 Å². The molecule has 0 bridgehead atoms. The number of halogens is 3. The maximum Gasteiger partial charge on any atom is 0.416 e. The molecule has 1 aliphatic rings. The van der Waals surface area contributed by atoms with Crippen LogP contribution in [0.3, 0.4) is 0 Å². The summed E-state index contributed by atoms with van der Waals surface area (Å²) in [6, 6.07) is 5.77. The first kappa shape index (κ1) is 18.9. The van der Waals surface area contributed by atoms with E-state index < -0.39 is 11.7 Å². The second-order valence-corrected chi connectivity index (χ2v) is 7.07. The van der Waals surface area contributed by atoms with Crippen LogP contribution in [0.2, 0.25) is 0 Å². The van der Waals surface area contributed by atoms with Crippen LogP contribution in [-0.2, 0) is 12.8 Å². The molecule has 0 atom stereocenters. The number of alkyl halides is 3. The van der Waals surface area contributed by atoms with E-state index in [0.717, 1.165) is 19.2 Å². The molecule has 26 heavy (non-hydrogen) atoms. The zero-order chi connectivity index (χ0) is 18.9. The van der Waals surface area contributed by atoms with Crippen molar-refractivity contribution >= 4 is 17.9 Å². The van der Waals surface area contributed by atoms with E-state index in [1.807, 2.05) is 9.47 Å². The molecule has 2 heterocycles. The lowest BCUT2D eigenvalue weighted by atomic mass is 10.1. The van der Waals surface area contributed by atoms with Gasteiger partial charge in [-0.15, -0.1) is 0 Å². The summed E-state index contributed by atoms with van der Waals surface area (Å²) in [5.74, 6) is 0. The molecule has 0 radical (unpaired) electrons. The molecule has 0 unspecified atom stereocenters. The Labute approximate surface area is 155 Å². The third-order valence-electron chi connectivity index (χ3n) is 4.56. The van der Waals surface area contributed by atoms with E-state index in [-0.39, 0.29) is 6.04 Å². The fourth-order valence-corrected chi connectivity index (χ4v) is 3.38. The molecule has 1 aromatic heterocycles. The predicted octanol–water partition coefficient (Wildman–Crippen LogP) is 3.79. The minimum Gasteiger partial charge on any atom is -0.369 e. The lowest BCUT2D eigenvalue weighted by Gasteiger charge is -2.36. The highest BCUT2D eigenvalue weighted by Gasteiger charge is 2.31. The molecule has 1 fully saturated rings. The Kier molecular flexibility index (Phi) is 5.38. The molecule has 1 saturated heterocycles. The minimum atomic E-state index is -4.32. The second-order valence-electron chi connectivity index (χ2n) is 6.71. The number of nitrogens with zero attached hydrogens (tertiary/aromatic N) is 5. The molecule has 0 aliphatic carbocycles. The van der Waals surface area contributed by atoms with Gasteiger partial charge in [0.05, 0.1) is 12.2 Å². The topological polar surface area (TPSA) is 29.2 Å². The van der Waals surface area contributed by atoms with Crippen LogP contribution in [0, 0.1) is 4.77 Å². The molecule has 5 nitrogen and oxygen atoms in total. The quantitative estimate of drug-likeness (QED) is 0.749. The van der Waals surface area contributed by atoms with Crippen molar-refractivity contribution in [2.24, 2.45) is 0 Å². The average Bonchev–Trinajstić information content (AvgIpc) is 2.96. The Morgan fingerprint density at radius 1 is 1.15 bits per heavy atom. The van der Waals surface area contributed by atoms with Gasteiger partial charge in [0, 0.05) is 37.9 Å². The highest BCUT2D eigenvalue weighted by Crippen LogP contribution is 2.31. The van der Waals surface area contributed by atoms with Gasteiger partial charge in [-0.05, 0) is 44.3 Å². The Morgan fingerprint density at radius 2 is 1.85 bits per heavy atom. The summed E-state index contributed by atoms with van der Waals surface area (Å²) in [5.41, 5.74) is 0.00290. The monoisotopic (exact) mass is 385 g/mol. The van der Waals surface area contributed by atoms with Crippen LogP contribution in [-0.4, -0.2) is 45.4 Å². The Bertz CT molecular complexity index is 803. The van der Waals surface area contributed by atoms with Gasteiger partial charge >= 0.3 is 6.18 Å². The van der Waals surface area contributed by atoms with Crippen LogP contribution in [0.15, 0.2) is 30.6 Å². The molecule has 0 amide bonds. The van der Waals surface area contributed by atoms with E-state index in [0.29, 0.717) is 30.2 Å². The van der Waals surface area contributed by atoms with Crippen molar-refractivity contribution in [3.63, 3.8) is 0 Å². The van der Waals surface area contributed by atoms with E-state index in [1.165, 1.54) is 12.1 Å². The third kappa shape index (κ3) is 4.09.